The van der Waals surface area contributed by atoms with Crippen molar-refractivity contribution in [1.29, 1.82) is 0 Å². The zero-order valence-electron chi connectivity index (χ0n) is 12.9. The Balaban J connectivity index is 1.58. The van der Waals surface area contributed by atoms with Crippen LogP contribution in [0.1, 0.15) is 25.1 Å². The molecule has 1 atom stereocenters. The first kappa shape index (κ1) is 15.1. The Morgan fingerprint density at radius 1 is 1.35 bits per heavy atom. The van der Waals surface area contributed by atoms with E-state index in [1.165, 1.54) is 12.8 Å². The van der Waals surface area contributed by atoms with Gasteiger partial charge in [-0.15, -0.1) is 0 Å². The monoisotopic (exact) mass is 333 g/mol. The molecule has 2 aliphatic rings. The summed E-state index contributed by atoms with van der Waals surface area (Å²) in [6, 6.07) is 5.82. The van der Waals surface area contributed by atoms with Crippen molar-refractivity contribution in [2.75, 3.05) is 19.8 Å². The minimum atomic E-state index is -0.0957. The molecule has 122 valence electrons. The fourth-order valence-corrected chi connectivity index (χ4v) is 3.44. The van der Waals surface area contributed by atoms with Crippen molar-refractivity contribution >= 4 is 22.5 Å². The highest BCUT2D eigenvalue weighted by Gasteiger charge is 2.32. The Bertz CT molecular complexity index is 766. The van der Waals surface area contributed by atoms with Crippen molar-refractivity contribution in [2.45, 2.75) is 31.8 Å². The van der Waals surface area contributed by atoms with Crippen LogP contribution in [-0.4, -0.2) is 40.7 Å². The fraction of sp³-hybridized carbons (Fsp3) is 0.529. The van der Waals surface area contributed by atoms with Crippen LogP contribution in [0.15, 0.2) is 23.0 Å². The summed E-state index contributed by atoms with van der Waals surface area (Å²) in [5.41, 5.74) is 0.567. The number of nitrogens with zero attached hydrogens (tertiary/aromatic N) is 2. The second-order valence-corrected chi connectivity index (χ2v) is 7.00. The molecule has 1 aromatic heterocycles. The summed E-state index contributed by atoms with van der Waals surface area (Å²) in [6.45, 7) is 3.41. The molecule has 1 aliphatic carbocycles. The largest absolute Gasteiger partial charge is 0.381 e. The number of halogens is 1. The molecule has 0 amide bonds. The summed E-state index contributed by atoms with van der Waals surface area (Å²) in [5, 5.41) is 1.18. The molecule has 0 spiro atoms. The first-order chi connectivity index (χ1) is 11.2. The molecule has 2 fully saturated rings. The third-order valence-electron chi connectivity index (χ3n) is 4.65. The van der Waals surface area contributed by atoms with Crippen LogP contribution in [0.2, 0.25) is 5.02 Å². The van der Waals surface area contributed by atoms with Crippen LogP contribution >= 0.6 is 11.6 Å². The first-order valence-corrected chi connectivity index (χ1v) is 8.57. The second kappa shape index (κ2) is 6.23. The van der Waals surface area contributed by atoms with Crippen LogP contribution < -0.4 is 5.56 Å². The van der Waals surface area contributed by atoms with Crippen LogP contribution in [0.4, 0.5) is 0 Å². The predicted molar refractivity (Wildman–Crippen MR) is 89.7 cm³/mol. The number of aromatic amines is 1. The third kappa shape index (κ3) is 3.42. The smallest absolute Gasteiger partial charge is 0.258 e. The van der Waals surface area contributed by atoms with Gasteiger partial charge in [0.1, 0.15) is 5.82 Å². The molecule has 0 unspecified atom stereocenters. The number of hydrogen-bond acceptors (Lipinski definition) is 4. The summed E-state index contributed by atoms with van der Waals surface area (Å²) in [7, 11) is 0. The standard InChI is InChI=1S/C17H20ClN3O2/c18-12-1-4-14-15(7-12)19-16(20-17(14)22)9-21(13-2-3-13)8-11-5-6-23-10-11/h1,4,7,11,13H,2-3,5-6,8-10H2,(H,19,20,22)/t11-/m0/s1. The maximum absolute atomic E-state index is 12.2. The van der Waals surface area contributed by atoms with Gasteiger partial charge in [0.25, 0.3) is 5.56 Å². The highest BCUT2D eigenvalue weighted by Crippen LogP contribution is 2.30. The summed E-state index contributed by atoms with van der Waals surface area (Å²) in [5.74, 6) is 1.31. The van der Waals surface area contributed by atoms with Gasteiger partial charge in [-0.05, 0) is 43.4 Å². The number of hydrogen-bond donors (Lipinski definition) is 1. The summed E-state index contributed by atoms with van der Waals surface area (Å²) < 4.78 is 5.48. The lowest BCUT2D eigenvalue weighted by Gasteiger charge is -2.24. The Morgan fingerprint density at radius 3 is 2.96 bits per heavy atom. The molecular formula is C17H20ClN3O2. The number of H-pyrrole nitrogens is 1. The topological polar surface area (TPSA) is 58.2 Å². The summed E-state index contributed by atoms with van der Waals surface area (Å²) in [6.07, 6.45) is 3.59. The number of benzene rings is 1. The van der Waals surface area contributed by atoms with Crippen LogP contribution in [0, 0.1) is 5.92 Å². The molecule has 6 heteroatoms. The molecule has 2 heterocycles. The van der Waals surface area contributed by atoms with E-state index in [4.69, 9.17) is 16.3 Å². The van der Waals surface area contributed by atoms with Crippen molar-refractivity contribution in [3.63, 3.8) is 0 Å². The average molecular weight is 334 g/mol. The van der Waals surface area contributed by atoms with Crippen molar-refractivity contribution in [3.8, 4) is 0 Å². The Labute approximate surface area is 139 Å². The van der Waals surface area contributed by atoms with Gasteiger partial charge in [0.2, 0.25) is 0 Å². The van der Waals surface area contributed by atoms with Crippen molar-refractivity contribution in [3.05, 3.63) is 39.4 Å². The van der Waals surface area contributed by atoms with E-state index in [-0.39, 0.29) is 5.56 Å². The molecule has 1 aromatic carbocycles. The maximum Gasteiger partial charge on any atom is 0.258 e. The Kier molecular flexibility index (Phi) is 4.09. The van der Waals surface area contributed by atoms with E-state index < -0.39 is 0 Å². The molecule has 1 saturated heterocycles. The molecule has 1 aliphatic heterocycles. The van der Waals surface area contributed by atoms with E-state index in [2.05, 4.69) is 14.9 Å². The minimum Gasteiger partial charge on any atom is -0.381 e. The van der Waals surface area contributed by atoms with Crippen LogP contribution in [0.3, 0.4) is 0 Å². The van der Waals surface area contributed by atoms with Crippen molar-refractivity contribution in [1.82, 2.24) is 14.9 Å². The summed E-state index contributed by atoms with van der Waals surface area (Å²) >= 11 is 6.03. The highest BCUT2D eigenvalue weighted by atomic mass is 35.5. The highest BCUT2D eigenvalue weighted by molar-refractivity contribution is 6.31. The van der Waals surface area contributed by atoms with E-state index in [1.54, 1.807) is 18.2 Å². The van der Waals surface area contributed by atoms with Gasteiger partial charge in [-0.1, -0.05) is 11.6 Å². The molecule has 2 aromatic rings. The lowest BCUT2D eigenvalue weighted by atomic mass is 10.1. The van der Waals surface area contributed by atoms with E-state index >= 15 is 0 Å². The zero-order chi connectivity index (χ0) is 15.8. The number of ether oxygens (including phenoxy) is 1. The number of aromatic nitrogens is 2. The molecule has 4 rings (SSSR count). The van der Waals surface area contributed by atoms with Crippen LogP contribution in [0.5, 0.6) is 0 Å². The van der Waals surface area contributed by atoms with Crippen molar-refractivity contribution < 1.29 is 4.74 Å². The molecular weight excluding hydrogens is 314 g/mol. The molecule has 0 radical (unpaired) electrons. The van der Waals surface area contributed by atoms with E-state index in [0.717, 1.165) is 32.0 Å². The van der Waals surface area contributed by atoms with E-state index in [1.807, 2.05) is 0 Å². The van der Waals surface area contributed by atoms with Gasteiger partial charge in [-0.2, -0.15) is 0 Å². The Hall–Kier alpha value is -1.43. The zero-order valence-corrected chi connectivity index (χ0v) is 13.7. The molecule has 1 saturated carbocycles. The molecule has 5 nitrogen and oxygen atoms in total. The molecule has 23 heavy (non-hydrogen) atoms. The number of fused-ring (bicyclic) bond motifs is 1. The van der Waals surface area contributed by atoms with Crippen molar-refractivity contribution in [2.24, 2.45) is 5.92 Å². The summed E-state index contributed by atoms with van der Waals surface area (Å²) in [4.78, 5) is 22.2. The van der Waals surface area contributed by atoms with Crippen LogP contribution in [0.25, 0.3) is 10.9 Å². The number of nitrogens with one attached hydrogen (secondary N) is 1. The average Bonchev–Trinajstić information content (AvgIpc) is 3.24. The van der Waals surface area contributed by atoms with Crippen LogP contribution in [-0.2, 0) is 11.3 Å². The van der Waals surface area contributed by atoms with E-state index in [0.29, 0.717) is 34.4 Å². The molecule has 1 N–H and O–H groups in total. The first-order valence-electron chi connectivity index (χ1n) is 8.19. The van der Waals surface area contributed by atoms with Gasteiger partial charge in [-0.25, -0.2) is 4.98 Å². The normalized spacial score (nSPS) is 21.4. The minimum absolute atomic E-state index is 0.0957. The predicted octanol–water partition coefficient (Wildman–Crippen LogP) is 2.58. The van der Waals surface area contributed by atoms with Gasteiger partial charge in [-0.3, -0.25) is 9.69 Å². The maximum atomic E-state index is 12.2. The number of rotatable bonds is 5. The van der Waals surface area contributed by atoms with Gasteiger partial charge >= 0.3 is 0 Å². The SMILES string of the molecule is O=c1[nH]c(CN(C[C@@H]2CCOC2)C2CC2)nc2cc(Cl)ccc12. The van der Waals surface area contributed by atoms with Gasteiger partial charge in [0.15, 0.2) is 0 Å². The third-order valence-corrected chi connectivity index (χ3v) is 4.89. The van der Waals surface area contributed by atoms with Gasteiger partial charge < -0.3 is 9.72 Å². The second-order valence-electron chi connectivity index (χ2n) is 6.56. The lowest BCUT2D eigenvalue weighted by Crippen LogP contribution is -2.32. The fourth-order valence-electron chi connectivity index (χ4n) is 3.27. The van der Waals surface area contributed by atoms with Gasteiger partial charge in [0, 0.05) is 24.2 Å². The Morgan fingerprint density at radius 2 is 2.22 bits per heavy atom. The van der Waals surface area contributed by atoms with E-state index in [9.17, 15) is 4.79 Å². The lowest BCUT2D eigenvalue weighted by molar-refractivity contribution is 0.160. The molecule has 0 bridgehead atoms. The van der Waals surface area contributed by atoms with Gasteiger partial charge in [0.05, 0.1) is 24.1 Å². The quantitative estimate of drug-likeness (QED) is 0.913.